The Balaban J connectivity index is 2.27. The highest BCUT2D eigenvalue weighted by Crippen LogP contribution is 2.13. The second kappa shape index (κ2) is 6.47. The van der Waals surface area contributed by atoms with Crippen LogP contribution in [0.2, 0.25) is 0 Å². The Morgan fingerprint density at radius 3 is 2.95 bits per heavy atom. The third-order valence-electron chi connectivity index (χ3n) is 2.65. The molecule has 106 valence electrons. The summed E-state index contributed by atoms with van der Waals surface area (Å²) in [6, 6.07) is 6.11. The number of hydrogen-bond donors (Lipinski definition) is 0. The predicted molar refractivity (Wildman–Crippen MR) is 71.0 cm³/mol. The smallest absolute Gasteiger partial charge is 0.360 e. The Morgan fingerprint density at radius 1 is 1.50 bits per heavy atom. The van der Waals surface area contributed by atoms with Crippen LogP contribution >= 0.6 is 11.6 Å². The summed E-state index contributed by atoms with van der Waals surface area (Å²) in [5.74, 6) is -0.828. The summed E-state index contributed by atoms with van der Waals surface area (Å²) >= 11 is 5.84. The molecule has 1 heterocycles. The number of carbonyl (C=O) groups is 1. The fourth-order valence-electron chi connectivity index (χ4n) is 1.76. The molecule has 1 aromatic carbocycles. The van der Waals surface area contributed by atoms with E-state index in [0.29, 0.717) is 11.3 Å². The van der Waals surface area contributed by atoms with E-state index in [1.54, 1.807) is 19.1 Å². The highest BCUT2D eigenvalue weighted by atomic mass is 35.5. The fraction of sp³-hybridized carbons (Fsp3) is 0.308. The molecule has 0 unspecified atom stereocenters. The summed E-state index contributed by atoms with van der Waals surface area (Å²) in [6.45, 7) is 2.24. The van der Waals surface area contributed by atoms with Crippen molar-refractivity contribution in [3.05, 3.63) is 47.0 Å². The highest BCUT2D eigenvalue weighted by molar-refractivity contribution is 6.17. The van der Waals surface area contributed by atoms with Crippen LogP contribution in [0.3, 0.4) is 0 Å². The van der Waals surface area contributed by atoms with Crippen LogP contribution in [0.15, 0.2) is 24.3 Å². The Morgan fingerprint density at radius 2 is 2.30 bits per heavy atom. The van der Waals surface area contributed by atoms with Gasteiger partial charge in [0.05, 0.1) is 24.7 Å². The molecule has 5 nitrogen and oxygen atoms in total. The number of rotatable bonds is 5. The molecule has 0 N–H and O–H groups in total. The first-order valence-corrected chi connectivity index (χ1v) is 6.59. The van der Waals surface area contributed by atoms with Crippen molar-refractivity contribution in [3.8, 4) is 0 Å². The van der Waals surface area contributed by atoms with Gasteiger partial charge in [-0.1, -0.05) is 17.3 Å². The van der Waals surface area contributed by atoms with Gasteiger partial charge in [0.15, 0.2) is 5.69 Å². The van der Waals surface area contributed by atoms with Crippen molar-refractivity contribution in [2.75, 3.05) is 6.61 Å². The standard InChI is InChI=1S/C13H13ClFN3O2/c1-2-20-13(19)12-11(7-14)18(17-16-12)8-9-4-3-5-10(15)6-9/h3-6H,2,7-8H2,1H3. The summed E-state index contributed by atoms with van der Waals surface area (Å²) in [4.78, 5) is 11.7. The molecule has 0 atom stereocenters. The lowest BCUT2D eigenvalue weighted by atomic mass is 10.2. The van der Waals surface area contributed by atoms with Crippen molar-refractivity contribution >= 4 is 17.6 Å². The lowest BCUT2D eigenvalue weighted by molar-refractivity contribution is 0.0518. The van der Waals surface area contributed by atoms with Crippen LogP contribution in [0.1, 0.15) is 28.7 Å². The minimum atomic E-state index is -0.561. The van der Waals surface area contributed by atoms with Crippen molar-refractivity contribution in [3.63, 3.8) is 0 Å². The van der Waals surface area contributed by atoms with Gasteiger partial charge in [-0.15, -0.1) is 16.7 Å². The largest absolute Gasteiger partial charge is 0.461 e. The number of carbonyl (C=O) groups excluding carboxylic acids is 1. The summed E-state index contributed by atoms with van der Waals surface area (Å²) in [6.07, 6.45) is 0. The summed E-state index contributed by atoms with van der Waals surface area (Å²) < 4.78 is 19.5. The van der Waals surface area contributed by atoms with Crippen LogP contribution in [0.5, 0.6) is 0 Å². The third-order valence-corrected chi connectivity index (χ3v) is 2.91. The SMILES string of the molecule is CCOC(=O)c1nnn(Cc2cccc(F)c2)c1CCl. The Labute approximate surface area is 120 Å². The van der Waals surface area contributed by atoms with Crippen LogP contribution in [0.4, 0.5) is 4.39 Å². The van der Waals surface area contributed by atoms with Gasteiger partial charge < -0.3 is 4.74 Å². The Kier molecular flexibility index (Phi) is 4.68. The minimum Gasteiger partial charge on any atom is -0.461 e. The normalized spacial score (nSPS) is 10.6. The molecule has 0 fully saturated rings. The maximum Gasteiger partial charge on any atom is 0.360 e. The van der Waals surface area contributed by atoms with Gasteiger partial charge >= 0.3 is 5.97 Å². The number of aromatic nitrogens is 3. The first-order valence-electron chi connectivity index (χ1n) is 6.05. The van der Waals surface area contributed by atoms with E-state index in [0.717, 1.165) is 0 Å². The van der Waals surface area contributed by atoms with E-state index in [1.807, 2.05) is 0 Å². The van der Waals surface area contributed by atoms with Gasteiger partial charge in [-0.3, -0.25) is 0 Å². The molecule has 0 aliphatic heterocycles. The maximum atomic E-state index is 13.1. The van der Waals surface area contributed by atoms with Crippen molar-refractivity contribution in [2.45, 2.75) is 19.3 Å². The van der Waals surface area contributed by atoms with Gasteiger partial charge in [0.25, 0.3) is 0 Å². The van der Waals surface area contributed by atoms with Crippen molar-refractivity contribution in [1.82, 2.24) is 15.0 Å². The molecule has 0 bridgehead atoms. The van der Waals surface area contributed by atoms with Gasteiger partial charge in [-0.05, 0) is 24.6 Å². The Bertz CT molecular complexity index is 615. The molecule has 2 rings (SSSR count). The molecular formula is C13H13ClFN3O2. The maximum absolute atomic E-state index is 13.1. The monoisotopic (exact) mass is 297 g/mol. The van der Waals surface area contributed by atoms with E-state index < -0.39 is 5.97 Å². The van der Waals surface area contributed by atoms with Crippen LogP contribution in [-0.2, 0) is 17.2 Å². The molecule has 0 amide bonds. The number of esters is 1. The first-order chi connectivity index (χ1) is 9.65. The van der Waals surface area contributed by atoms with Crippen LogP contribution in [-0.4, -0.2) is 27.6 Å². The van der Waals surface area contributed by atoms with Crippen LogP contribution in [0, 0.1) is 5.82 Å². The van der Waals surface area contributed by atoms with Crippen LogP contribution in [0.25, 0.3) is 0 Å². The topological polar surface area (TPSA) is 57.0 Å². The van der Waals surface area contributed by atoms with E-state index >= 15 is 0 Å². The van der Waals surface area contributed by atoms with Crippen molar-refractivity contribution in [1.29, 1.82) is 0 Å². The molecule has 0 saturated carbocycles. The number of benzene rings is 1. The Hall–Kier alpha value is -1.95. The molecular weight excluding hydrogens is 285 g/mol. The van der Waals surface area contributed by atoms with E-state index in [9.17, 15) is 9.18 Å². The molecule has 2 aromatic rings. The highest BCUT2D eigenvalue weighted by Gasteiger charge is 2.20. The van der Waals surface area contributed by atoms with Gasteiger partial charge in [-0.25, -0.2) is 13.9 Å². The molecule has 0 spiro atoms. The van der Waals surface area contributed by atoms with E-state index in [2.05, 4.69) is 10.3 Å². The summed E-state index contributed by atoms with van der Waals surface area (Å²) in [5, 5.41) is 7.66. The van der Waals surface area contributed by atoms with Gasteiger partial charge in [0, 0.05) is 0 Å². The molecule has 0 radical (unpaired) electrons. The number of halogens is 2. The van der Waals surface area contributed by atoms with Gasteiger partial charge in [-0.2, -0.15) is 0 Å². The third kappa shape index (κ3) is 3.14. The zero-order valence-electron chi connectivity index (χ0n) is 10.8. The lowest BCUT2D eigenvalue weighted by Gasteiger charge is -2.05. The zero-order valence-corrected chi connectivity index (χ0v) is 11.6. The molecule has 7 heteroatoms. The number of ether oxygens (including phenoxy) is 1. The first kappa shape index (κ1) is 14.5. The van der Waals surface area contributed by atoms with E-state index in [1.165, 1.54) is 16.8 Å². The van der Waals surface area contributed by atoms with E-state index in [-0.39, 0.29) is 30.5 Å². The number of hydrogen-bond acceptors (Lipinski definition) is 4. The van der Waals surface area contributed by atoms with Crippen molar-refractivity contribution in [2.24, 2.45) is 0 Å². The minimum absolute atomic E-state index is 0.0659. The molecule has 0 aliphatic rings. The average Bonchev–Trinajstić information content (AvgIpc) is 2.82. The molecule has 0 saturated heterocycles. The number of nitrogens with zero attached hydrogens (tertiary/aromatic N) is 3. The van der Waals surface area contributed by atoms with E-state index in [4.69, 9.17) is 16.3 Å². The van der Waals surface area contributed by atoms with Crippen molar-refractivity contribution < 1.29 is 13.9 Å². The predicted octanol–water partition coefficient (Wildman–Crippen LogP) is 2.38. The zero-order chi connectivity index (χ0) is 14.5. The summed E-state index contributed by atoms with van der Waals surface area (Å²) in [7, 11) is 0. The second-order valence-electron chi connectivity index (χ2n) is 4.03. The second-order valence-corrected chi connectivity index (χ2v) is 4.29. The average molecular weight is 298 g/mol. The lowest BCUT2D eigenvalue weighted by Crippen LogP contribution is -2.10. The fourth-order valence-corrected chi connectivity index (χ4v) is 2.02. The molecule has 0 aliphatic carbocycles. The van der Waals surface area contributed by atoms with Gasteiger partial charge in [0.1, 0.15) is 5.82 Å². The van der Waals surface area contributed by atoms with Crippen LogP contribution < -0.4 is 0 Å². The molecule has 1 aromatic heterocycles. The summed E-state index contributed by atoms with van der Waals surface area (Å²) in [5.41, 5.74) is 1.25. The number of alkyl halides is 1. The molecule has 20 heavy (non-hydrogen) atoms. The quantitative estimate of drug-likeness (QED) is 0.628. The van der Waals surface area contributed by atoms with Gasteiger partial charge in [0.2, 0.25) is 0 Å².